The lowest BCUT2D eigenvalue weighted by Crippen LogP contribution is -2.49. The number of ether oxygens (including phenoxy) is 1. The first-order valence-corrected chi connectivity index (χ1v) is 8.25. The van der Waals surface area contributed by atoms with Gasteiger partial charge in [0, 0.05) is 12.0 Å². The van der Waals surface area contributed by atoms with E-state index in [0.717, 1.165) is 37.0 Å². The maximum atomic E-state index is 11.6. The molecule has 1 aromatic carbocycles. The second-order valence-corrected chi connectivity index (χ2v) is 6.78. The van der Waals surface area contributed by atoms with Gasteiger partial charge >= 0.3 is 0 Å². The van der Waals surface area contributed by atoms with Gasteiger partial charge in [-0.3, -0.25) is 0 Å². The van der Waals surface area contributed by atoms with Gasteiger partial charge in [-0.1, -0.05) is 31.7 Å². The van der Waals surface area contributed by atoms with E-state index in [1.807, 2.05) is 12.1 Å². The second-order valence-electron chi connectivity index (χ2n) is 6.78. The molecule has 2 aliphatic carbocycles. The van der Waals surface area contributed by atoms with Crippen molar-refractivity contribution in [2.24, 2.45) is 11.1 Å². The summed E-state index contributed by atoms with van der Waals surface area (Å²) >= 11 is 0. The zero-order chi connectivity index (χ0) is 14.9. The van der Waals surface area contributed by atoms with Gasteiger partial charge in [0.2, 0.25) is 0 Å². The first-order chi connectivity index (χ1) is 10.1. The lowest BCUT2D eigenvalue weighted by atomic mass is 9.64. The fourth-order valence-corrected chi connectivity index (χ4v) is 4.48. The lowest BCUT2D eigenvalue weighted by Gasteiger charge is -2.45. The Bertz CT molecular complexity index is 506. The molecule has 116 valence electrons. The molecule has 1 unspecified atom stereocenters. The van der Waals surface area contributed by atoms with E-state index in [2.05, 4.69) is 6.07 Å². The maximum absolute atomic E-state index is 11.6. The summed E-state index contributed by atoms with van der Waals surface area (Å²) in [5.74, 6) is 0.829. The van der Waals surface area contributed by atoms with Crippen LogP contribution in [0.15, 0.2) is 18.2 Å². The molecule has 1 fully saturated rings. The van der Waals surface area contributed by atoms with Gasteiger partial charge in [0.05, 0.1) is 12.7 Å². The van der Waals surface area contributed by atoms with Gasteiger partial charge in [0.25, 0.3) is 0 Å². The topological polar surface area (TPSA) is 55.5 Å². The van der Waals surface area contributed by atoms with Crippen molar-refractivity contribution in [1.82, 2.24) is 0 Å². The Morgan fingerprint density at radius 2 is 1.86 bits per heavy atom. The van der Waals surface area contributed by atoms with Gasteiger partial charge in [0.1, 0.15) is 5.75 Å². The van der Waals surface area contributed by atoms with Gasteiger partial charge in [-0.2, -0.15) is 0 Å². The van der Waals surface area contributed by atoms with Crippen LogP contribution in [0.1, 0.15) is 56.1 Å². The van der Waals surface area contributed by atoms with Crippen LogP contribution in [0.4, 0.5) is 0 Å². The van der Waals surface area contributed by atoms with E-state index in [1.165, 1.54) is 31.2 Å². The molecule has 3 rings (SSSR count). The Kier molecular flexibility index (Phi) is 3.98. The van der Waals surface area contributed by atoms with E-state index in [0.29, 0.717) is 6.54 Å². The van der Waals surface area contributed by atoms with Gasteiger partial charge < -0.3 is 15.6 Å². The van der Waals surface area contributed by atoms with E-state index < -0.39 is 5.60 Å². The smallest absolute Gasteiger partial charge is 0.119 e. The largest absolute Gasteiger partial charge is 0.497 e. The first kappa shape index (κ1) is 14.9. The summed E-state index contributed by atoms with van der Waals surface area (Å²) in [4.78, 5) is 0. The van der Waals surface area contributed by atoms with E-state index >= 15 is 0 Å². The van der Waals surface area contributed by atoms with Crippen molar-refractivity contribution in [3.05, 3.63) is 29.3 Å². The van der Waals surface area contributed by atoms with Crippen LogP contribution in [-0.2, 0) is 12.0 Å². The molecule has 3 heteroatoms. The predicted molar refractivity (Wildman–Crippen MR) is 84.4 cm³/mol. The second kappa shape index (κ2) is 5.62. The third-order valence-electron chi connectivity index (χ3n) is 5.85. The number of rotatable bonds is 3. The van der Waals surface area contributed by atoms with Crippen LogP contribution < -0.4 is 10.5 Å². The highest BCUT2D eigenvalue weighted by molar-refractivity contribution is 5.44. The summed E-state index contributed by atoms with van der Waals surface area (Å²) in [5, 5.41) is 11.6. The molecule has 0 radical (unpaired) electrons. The van der Waals surface area contributed by atoms with E-state index in [9.17, 15) is 5.11 Å². The summed E-state index contributed by atoms with van der Waals surface area (Å²) in [6.45, 7) is 0.570. The third-order valence-corrected chi connectivity index (χ3v) is 5.85. The minimum absolute atomic E-state index is 0.166. The minimum Gasteiger partial charge on any atom is -0.497 e. The fraction of sp³-hybridized carbons (Fsp3) is 0.667. The van der Waals surface area contributed by atoms with Gasteiger partial charge in [-0.25, -0.2) is 0 Å². The maximum Gasteiger partial charge on any atom is 0.119 e. The fourth-order valence-electron chi connectivity index (χ4n) is 4.48. The monoisotopic (exact) mass is 289 g/mol. The predicted octanol–water partition coefficient (Wildman–Crippen LogP) is 3.13. The zero-order valence-electron chi connectivity index (χ0n) is 13.0. The highest BCUT2D eigenvalue weighted by Gasteiger charge is 2.53. The number of hydrogen-bond acceptors (Lipinski definition) is 3. The van der Waals surface area contributed by atoms with Crippen LogP contribution in [0.5, 0.6) is 5.75 Å². The van der Waals surface area contributed by atoms with Gasteiger partial charge in [-0.05, 0) is 48.9 Å². The number of hydrogen-bond donors (Lipinski definition) is 2. The Labute approximate surface area is 127 Å². The zero-order valence-corrected chi connectivity index (χ0v) is 13.0. The number of methoxy groups -OCH3 is 1. The van der Waals surface area contributed by atoms with Crippen molar-refractivity contribution in [3.63, 3.8) is 0 Å². The van der Waals surface area contributed by atoms with E-state index in [1.54, 1.807) is 7.11 Å². The van der Waals surface area contributed by atoms with Crippen molar-refractivity contribution in [2.75, 3.05) is 13.7 Å². The quantitative estimate of drug-likeness (QED) is 0.841. The third kappa shape index (κ3) is 2.27. The van der Waals surface area contributed by atoms with Crippen molar-refractivity contribution in [3.8, 4) is 5.75 Å². The van der Waals surface area contributed by atoms with E-state index in [4.69, 9.17) is 10.5 Å². The molecule has 0 spiro atoms. The number of aliphatic hydroxyl groups is 1. The molecule has 3 N–H and O–H groups in total. The first-order valence-electron chi connectivity index (χ1n) is 8.25. The average molecular weight is 289 g/mol. The van der Waals surface area contributed by atoms with Gasteiger partial charge in [0.15, 0.2) is 0 Å². The summed E-state index contributed by atoms with van der Waals surface area (Å²) in [6, 6.07) is 6.13. The van der Waals surface area contributed by atoms with Crippen LogP contribution in [-0.4, -0.2) is 18.8 Å². The Morgan fingerprint density at radius 3 is 2.48 bits per heavy atom. The molecule has 0 amide bonds. The molecule has 0 bridgehead atoms. The Morgan fingerprint density at radius 1 is 1.14 bits per heavy atom. The van der Waals surface area contributed by atoms with Crippen molar-refractivity contribution >= 4 is 0 Å². The Balaban J connectivity index is 2.05. The van der Waals surface area contributed by atoms with Crippen LogP contribution in [0.2, 0.25) is 0 Å². The Hall–Kier alpha value is -1.06. The molecule has 0 aliphatic heterocycles. The summed E-state index contributed by atoms with van der Waals surface area (Å²) in [6.07, 6.45) is 8.71. The highest BCUT2D eigenvalue weighted by Crippen LogP contribution is 2.54. The molecule has 1 atom stereocenters. The van der Waals surface area contributed by atoms with Crippen LogP contribution in [0.3, 0.4) is 0 Å². The van der Waals surface area contributed by atoms with Crippen molar-refractivity contribution < 1.29 is 9.84 Å². The van der Waals surface area contributed by atoms with E-state index in [-0.39, 0.29) is 5.41 Å². The normalized spacial score (nSPS) is 28.0. The summed E-state index contributed by atoms with van der Waals surface area (Å²) < 4.78 is 5.37. The van der Waals surface area contributed by atoms with Crippen molar-refractivity contribution in [2.45, 2.75) is 57.0 Å². The molecule has 0 aromatic heterocycles. The molecule has 1 saturated carbocycles. The average Bonchev–Trinajstić information content (AvgIpc) is 2.72. The van der Waals surface area contributed by atoms with Crippen molar-refractivity contribution in [1.29, 1.82) is 0 Å². The summed E-state index contributed by atoms with van der Waals surface area (Å²) in [5.41, 5.74) is 7.59. The molecule has 0 heterocycles. The van der Waals surface area contributed by atoms with Gasteiger partial charge in [-0.15, -0.1) is 0 Å². The molecular weight excluding hydrogens is 262 g/mol. The number of nitrogens with two attached hydrogens (primary N) is 1. The highest BCUT2D eigenvalue weighted by atomic mass is 16.5. The molecular formula is C18H27NO2. The van der Waals surface area contributed by atoms with Crippen LogP contribution in [0.25, 0.3) is 0 Å². The molecule has 3 nitrogen and oxygen atoms in total. The molecule has 2 aliphatic rings. The van der Waals surface area contributed by atoms with Crippen LogP contribution >= 0.6 is 0 Å². The van der Waals surface area contributed by atoms with Crippen LogP contribution in [0, 0.1) is 5.41 Å². The summed E-state index contributed by atoms with van der Waals surface area (Å²) in [7, 11) is 1.68. The molecule has 21 heavy (non-hydrogen) atoms. The lowest BCUT2D eigenvalue weighted by molar-refractivity contribution is -0.0950. The molecule has 0 saturated heterocycles. The SMILES string of the molecule is COc1ccc2c(c1)C(O)(C1(CN)CCCCCC1)CC2. The standard InChI is InChI=1S/C18H27NO2/c1-21-15-7-6-14-8-11-18(20,16(14)12-15)17(13-19)9-4-2-3-5-10-17/h6-7,12,20H,2-5,8-11,13,19H2,1H3. The minimum atomic E-state index is -0.782. The number of fused-ring (bicyclic) bond motifs is 1. The molecule has 1 aromatic rings. The number of aryl methyl sites for hydroxylation is 1. The number of benzene rings is 1.